The fraction of sp³-hybridized carbons (Fsp3) is 0.438. The van der Waals surface area contributed by atoms with Crippen LogP contribution < -0.4 is 0 Å². The molecule has 7 heteroatoms. The molecule has 0 saturated carbocycles. The lowest BCUT2D eigenvalue weighted by atomic mass is 9.87. The number of aliphatic hydroxyl groups is 1. The predicted molar refractivity (Wildman–Crippen MR) is 82.9 cm³/mol. The quantitative estimate of drug-likeness (QED) is 0.475. The first-order chi connectivity index (χ1) is 10.6. The van der Waals surface area contributed by atoms with Crippen LogP contribution in [0.2, 0.25) is 0 Å². The van der Waals surface area contributed by atoms with Crippen molar-refractivity contribution in [2.24, 2.45) is 5.92 Å². The molecule has 4 N–H and O–H groups in total. The molecule has 0 aromatic rings. The average molecular weight is 326 g/mol. The number of carboxylic acid groups (broad SMARTS) is 3. The van der Waals surface area contributed by atoms with E-state index in [2.05, 4.69) is 0 Å². The lowest BCUT2D eigenvalue weighted by molar-refractivity contribution is -0.133. The van der Waals surface area contributed by atoms with E-state index in [1.54, 1.807) is 0 Å². The second kappa shape index (κ2) is 9.58. The van der Waals surface area contributed by atoms with Gasteiger partial charge in [-0.05, 0) is 33.6 Å². The largest absolute Gasteiger partial charge is 0.478 e. The molecule has 23 heavy (non-hydrogen) atoms. The zero-order valence-electron chi connectivity index (χ0n) is 13.4. The van der Waals surface area contributed by atoms with Crippen molar-refractivity contribution in [2.45, 2.75) is 33.6 Å². The standard InChI is InChI=1S/C16H22O7/c1-9(14(18)19)4-5-12(8-10(2)15(20)21)13(6-7-17)11(3)16(22)23/h4,8,12,17H,5-7H2,1-3H3,(H,18,19)(H,20,21)(H,22,23). The Bertz CT molecular complexity index is 567. The molecule has 7 nitrogen and oxygen atoms in total. The van der Waals surface area contributed by atoms with Gasteiger partial charge in [0.25, 0.3) is 0 Å². The van der Waals surface area contributed by atoms with Crippen LogP contribution in [0.25, 0.3) is 0 Å². The van der Waals surface area contributed by atoms with Gasteiger partial charge in [-0.1, -0.05) is 17.7 Å². The number of rotatable bonds is 9. The van der Waals surface area contributed by atoms with E-state index in [4.69, 9.17) is 20.4 Å². The van der Waals surface area contributed by atoms with E-state index in [9.17, 15) is 14.4 Å². The second-order valence-corrected chi connectivity index (χ2v) is 5.12. The molecule has 0 heterocycles. The Balaban J connectivity index is 5.90. The van der Waals surface area contributed by atoms with Gasteiger partial charge in [0.15, 0.2) is 0 Å². The minimum atomic E-state index is -1.17. The molecule has 128 valence electrons. The third-order valence-corrected chi connectivity index (χ3v) is 3.44. The number of allylic oxidation sites excluding steroid dienone is 2. The average Bonchev–Trinajstić information content (AvgIpc) is 2.47. The summed E-state index contributed by atoms with van der Waals surface area (Å²) in [6, 6.07) is 0. The smallest absolute Gasteiger partial charge is 0.331 e. The molecule has 0 bridgehead atoms. The first kappa shape index (κ1) is 20.6. The molecule has 0 saturated heterocycles. The molecule has 0 amide bonds. The van der Waals surface area contributed by atoms with Gasteiger partial charge < -0.3 is 20.4 Å². The van der Waals surface area contributed by atoms with Crippen LogP contribution in [0.3, 0.4) is 0 Å². The fourth-order valence-corrected chi connectivity index (χ4v) is 1.98. The summed E-state index contributed by atoms with van der Waals surface area (Å²) in [5, 5.41) is 36.2. The van der Waals surface area contributed by atoms with Crippen molar-refractivity contribution < 1.29 is 34.8 Å². The molecule has 1 atom stereocenters. The Labute approximate surface area is 134 Å². The maximum Gasteiger partial charge on any atom is 0.331 e. The maximum absolute atomic E-state index is 11.2. The molecule has 0 aliphatic heterocycles. The van der Waals surface area contributed by atoms with Gasteiger partial charge >= 0.3 is 17.9 Å². The molecule has 0 fully saturated rings. The van der Waals surface area contributed by atoms with E-state index < -0.39 is 23.8 Å². The molecule has 0 aromatic heterocycles. The highest BCUT2D eigenvalue weighted by Crippen LogP contribution is 2.26. The Kier molecular flexibility index (Phi) is 8.57. The summed E-state index contributed by atoms with van der Waals surface area (Å²) in [4.78, 5) is 33.1. The Morgan fingerprint density at radius 2 is 1.43 bits per heavy atom. The molecular formula is C16H22O7. The molecule has 0 rings (SSSR count). The van der Waals surface area contributed by atoms with Gasteiger partial charge in [-0.3, -0.25) is 0 Å². The normalized spacial score (nSPS) is 15.0. The zero-order valence-corrected chi connectivity index (χ0v) is 13.4. The summed E-state index contributed by atoms with van der Waals surface area (Å²) in [7, 11) is 0. The summed E-state index contributed by atoms with van der Waals surface area (Å²) >= 11 is 0. The number of hydrogen-bond acceptors (Lipinski definition) is 4. The van der Waals surface area contributed by atoms with Gasteiger partial charge in [0, 0.05) is 29.2 Å². The van der Waals surface area contributed by atoms with Crippen molar-refractivity contribution in [1.82, 2.24) is 0 Å². The SMILES string of the molecule is CC(=CCC(C=C(C)C(=O)O)C(CCO)=C(C)C(=O)O)C(=O)O. The van der Waals surface area contributed by atoms with E-state index in [0.29, 0.717) is 5.57 Å². The molecular weight excluding hydrogens is 304 g/mol. The highest BCUT2D eigenvalue weighted by molar-refractivity contribution is 5.88. The third-order valence-electron chi connectivity index (χ3n) is 3.44. The molecule has 1 unspecified atom stereocenters. The predicted octanol–water partition coefficient (Wildman–Crippen LogP) is 1.84. The topological polar surface area (TPSA) is 132 Å². The van der Waals surface area contributed by atoms with Crippen molar-refractivity contribution in [3.05, 3.63) is 34.4 Å². The second-order valence-electron chi connectivity index (χ2n) is 5.12. The fourth-order valence-electron chi connectivity index (χ4n) is 1.98. The van der Waals surface area contributed by atoms with Gasteiger partial charge in [0.2, 0.25) is 0 Å². The van der Waals surface area contributed by atoms with Gasteiger partial charge in [-0.2, -0.15) is 0 Å². The Hall–Kier alpha value is -2.41. The van der Waals surface area contributed by atoms with Crippen LogP contribution in [-0.4, -0.2) is 44.9 Å². The number of hydrogen-bond donors (Lipinski definition) is 4. The minimum absolute atomic E-state index is 0.0138. The Morgan fingerprint density at radius 1 is 0.913 bits per heavy atom. The number of aliphatic carboxylic acids is 3. The summed E-state index contributed by atoms with van der Waals surface area (Å²) in [5.41, 5.74) is 0.479. The molecule has 0 spiro atoms. The summed E-state index contributed by atoms with van der Waals surface area (Å²) < 4.78 is 0. The van der Waals surface area contributed by atoms with Crippen molar-refractivity contribution in [3.8, 4) is 0 Å². The Morgan fingerprint density at radius 3 is 1.83 bits per heavy atom. The van der Waals surface area contributed by atoms with E-state index >= 15 is 0 Å². The van der Waals surface area contributed by atoms with Gasteiger partial charge in [-0.25, -0.2) is 14.4 Å². The van der Waals surface area contributed by atoms with Gasteiger partial charge in [0.1, 0.15) is 0 Å². The lowest BCUT2D eigenvalue weighted by Gasteiger charge is -2.18. The summed E-state index contributed by atoms with van der Waals surface area (Å²) in [5.74, 6) is -4.04. The van der Waals surface area contributed by atoms with E-state index in [0.717, 1.165) is 0 Å². The van der Waals surface area contributed by atoms with Crippen molar-refractivity contribution in [2.75, 3.05) is 6.61 Å². The molecule has 0 radical (unpaired) electrons. The highest BCUT2D eigenvalue weighted by Gasteiger charge is 2.19. The van der Waals surface area contributed by atoms with Gasteiger partial charge in [0.05, 0.1) is 0 Å². The van der Waals surface area contributed by atoms with Gasteiger partial charge in [-0.15, -0.1) is 0 Å². The zero-order chi connectivity index (χ0) is 18.2. The first-order valence-electron chi connectivity index (χ1n) is 6.97. The van der Waals surface area contributed by atoms with E-state index in [1.807, 2.05) is 0 Å². The van der Waals surface area contributed by atoms with E-state index in [-0.39, 0.29) is 36.2 Å². The van der Waals surface area contributed by atoms with Crippen LogP contribution in [0.1, 0.15) is 33.6 Å². The molecule has 0 aromatic carbocycles. The van der Waals surface area contributed by atoms with Crippen LogP contribution >= 0.6 is 0 Å². The van der Waals surface area contributed by atoms with Crippen LogP contribution in [0, 0.1) is 5.92 Å². The molecule has 0 aliphatic rings. The third kappa shape index (κ3) is 6.92. The minimum Gasteiger partial charge on any atom is -0.478 e. The van der Waals surface area contributed by atoms with Crippen LogP contribution in [-0.2, 0) is 14.4 Å². The monoisotopic (exact) mass is 326 g/mol. The number of carboxylic acids is 3. The van der Waals surface area contributed by atoms with Crippen molar-refractivity contribution in [1.29, 1.82) is 0 Å². The maximum atomic E-state index is 11.2. The number of aliphatic hydroxyl groups excluding tert-OH is 1. The summed E-state index contributed by atoms with van der Waals surface area (Å²) in [6.45, 7) is 3.85. The van der Waals surface area contributed by atoms with Crippen LogP contribution in [0.15, 0.2) is 34.4 Å². The summed E-state index contributed by atoms with van der Waals surface area (Å²) in [6.07, 6.45) is 2.98. The van der Waals surface area contributed by atoms with Crippen LogP contribution in [0.4, 0.5) is 0 Å². The highest BCUT2D eigenvalue weighted by atomic mass is 16.4. The first-order valence-corrected chi connectivity index (χ1v) is 6.97. The van der Waals surface area contributed by atoms with Crippen LogP contribution in [0.5, 0.6) is 0 Å². The number of carbonyl (C=O) groups is 3. The van der Waals surface area contributed by atoms with Crippen molar-refractivity contribution in [3.63, 3.8) is 0 Å². The molecule has 0 aliphatic carbocycles. The van der Waals surface area contributed by atoms with E-state index in [1.165, 1.54) is 32.9 Å². The van der Waals surface area contributed by atoms with Crippen molar-refractivity contribution >= 4 is 17.9 Å². The lowest BCUT2D eigenvalue weighted by Crippen LogP contribution is -2.12.